The van der Waals surface area contributed by atoms with E-state index in [0.717, 1.165) is 25.7 Å². The van der Waals surface area contributed by atoms with E-state index in [2.05, 4.69) is 17.2 Å². The van der Waals surface area contributed by atoms with Gasteiger partial charge in [0, 0.05) is 17.6 Å². The number of thiophene rings is 1. The van der Waals surface area contributed by atoms with Crippen LogP contribution in [0.1, 0.15) is 53.4 Å². The van der Waals surface area contributed by atoms with Crippen LogP contribution in [0.5, 0.6) is 0 Å². The monoisotopic (exact) mass is 473 g/mol. The number of carbonyl (C=O) groups excluding carboxylic acids is 3. The van der Waals surface area contributed by atoms with Crippen molar-refractivity contribution < 1.29 is 14.4 Å². The number of halogens is 1. The van der Waals surface area contributed by atoms with E-state index < -0.39 is 6.04 Å². The van der Waals surface area contributed by atoms with Crippen molar-refractivity contribution in [3.8, 4) is 0 Å². The molecule has 0 unspecified atom stereocenters. The van der Waals surface area contributed by atoms with E-state index in [1.165, 1.54) is 22.7 Å². The fourth-order valence-corrected chi connectivity index (χ4v) is 4.65. The van der Waals surface area contributed by atoms with Crippen molar-refractivity contribution in [3.63, 3.8) is 0 Å². The van der Waals surface area contributed by atoms with Gasteiger partial charge < -0.3 is 15.5 Å². The third-order valence-corrected chi connectivity index (χ3v) is 6.61. The standard InChI is InChI=1S/C24H28ClN3O3S/c1-2-14-28(21(29)16-26-23(30)20-9-6-15-32-20)22(17-10-12-18(25)13-11-17)24(31)27-19-7-4-3-5-8-19/h2,6,9-13,15,19,22H,1,3-5,7-8,14,16H2,(H,26,30)(H,27,31)/t22-/m0/s1. The zero-order valence-electron chi connectivity index (χ0n) is 17.9. The molecule has 1 aliphatic carbocycles. The Morgan fingerprint density at radius 3 is 2.50 bits per heavy atom. The maximum atomic E-state index is 13.4. The molecule has 1 heterocycles. The zero-order chi connectivity index (χ0) is 22.9. The fourth-order valence-electron chi connectivity index (χ4n) is 3.89. The van der Waals surface area contributed by atoms with Gasteiger partial charge in [0.15, 0.2) is 0 Å². The van der Waals surface area contributed by atoms with Gasteiger partial charge >= 0.3 is 0 Å². The Labute approximate surface area is 197 Å². The largest absolute Gasteiger partial charge is 0.351 e. The second-order valence-electron chi connectivity index (χ2n) is 7.79. The third kappa shape index (κ3) is 6.43. The highest BCUT2D eigenvalue weighted by atomic mass is 35.5. The molecule has 1 aromatic heterocycles. The molecule has 1 atom stereocenters. The van der Waals surface area contributed by atoms with Gasteiger partial charge in [-0.25, -0.2) is 0 Å². The van der Waals surface area contributed by atoms with Crippen LogP contribution in [0.15, 0.2) is 54.4 Å². The molecule has 3 amide bonds. The summed E-state index contributed by atoms with van der Waals surface area (Å²) < 4.78 is 0. The van der Waals surface area contributed by atoms with E-state index in [0.29, 0.717) is 15.5 Å². The number of nitrogens with zero attached hydrogens (tertiary/aromatic N) is 1. The highest BCUT2D eigenvalue weighted by Crippen LogP contribution is 2.25. The Hall–Kier alpha value is -2.64. The van der Waals surface area contributed by atoms with E-state index >= 15 is 0 Å². The zero-order valence-corrected chi connectivity index (χ0v) is 19.5. The Kier molecular flexibility index (Phi) is 8.88. The Morgan fingerprint density at radius 2 is 1.88 bits per heavy atom. The summed E-state index contributed by atoms with van der Waals surface area (Å²) >= 11 is 7.34. The average molecular weight is 474 g/mol. The minimum absolute atomic E-state index is 0.102. The van der Waals surface area contributed by atoms with Crippen LogP contribution in [0.25, 0.3) is 0 Å². The van der Waals surface area contributed by atoms with Crippen LogP contribution in [-0.2, 0) is 9.59 Å². The summed E-state index contributed by atoms with van der Waals surface area (Å²) in [6, 6.07) is 9.63. The highest BCUT2D eigenvalue weighted by Gasteiger charge is 2.32. The van der Waals surface area contributed by atoms with Crippen LogP contribution in [0.2, 0.25) is 5.02 Å². The molecule has 0 bridgehead atoms. The molecule has 170 valence electrons. The molecule has 2 aromatic rings. The summed E-state index contributed by atoms with van der Waals surface area (Å²) in [4.78, 5) is 40.8. The molecule has 1 aliphatic rings. The van der Waals surface area contributed by atoms with Gasteiger partial charge in [-0.15, -0.1) is 17.9 Å². The Bertz CT molecular complexity index is 924. The molecule has 1 aromatic carbocycles. The van der Waals surface area contributed by atoms with Gasteiger partial charge in [-0.1, -0.05) is 55.1 Å². The molecule has 0 radical (unpaired) electrons. The Morgan fingerprint density at radius 1 is 1.16 bits per heavy atom. The lowest BCUT2D eigenvalue weighted by Crippen LogP contribution is -2.49. The van der Waals surface area contributed by atoms with Gasteiger partial charge in [0.1, 0.15) is 6.04 Å². The predicted octanol–water partition coefficient (Wildman–Crippen LogP) is 4.34. The Balaban J connectivity index is 1.80. The average Bonchev–Trinajstić information content (AvgIpc) is 3.34. The minimum atomic E-state index is -0.849. The molecule has 32 heavy (non-hydrogen) atoms. The van der Waals surface area contributed by atoms with Crippen molar-refractivity contribution >= 4 is 40.7 Å². The first-order valence-corrected chi connectivity index (χ1v) is 12.0. The van der Waals surface area contributed by atoms with Crippen LogP contribution in [-0.4, -0.2) is 41.8 Å². The van der Waals surface area contributed by atoms with Crippen molar-refractivity contribution in [2.45, 2.75) is 44.2 Å². The second-order valence-corrected chi connectivity index (χ2v) is 9.18. The molecular formula is C24H28ClN3O3S. The lowest BCUT2D eigenvalue weighted by molar-refractivity contribution is -0.139. The summed E-state index contributed by atoms with van der Waals surface area (Å²) in [5, 5.41) is 8.12. The van der Waals surface area contributed by atoms with E-state index in [1.54, 1.807) is 47.9 Å². The highest BCUT2D eigenvalue weighted by molar-refractivity contribution is 7.12. The van der Waals surface area contributed by atoms with E-state index in [4.69, 9.17) is 11.6 Å². The molecule has 3 rings (SSSR count). The lowest BCUT2D eigenvalue weighted by Gasteiger charge is -2.33. The van der Waals surface area contributed by atoms with Crippen LogP contribution < -0.4 is 10.6 Å². The molecule has 8 heteroatoms. The molecule has 1 fully saturated rings. The normalized spacial score (nSPS) is 14.9. The van der Waals surface area contributed by atoms with Gasteiger partial charge in [-0.3, -0.25) is 14.4 Å². The number of nitrogens with one attached hydrogen (secondary N) is 2. The van der Waals surface area contributed by atoms with Crippen molar-refractivity contribution in [2.75, 3.05) is 13.1 Å². The number of benzene rings is 1. The molecule has 1 saturated carbocycles. The number of rotatable bonds is 9. The lowest BCUT2D eigenvalue weighted by atomic mass is 9.94. The maximum absolute atomic E-state index is 13.4. The number of amides is 3. The van der Waals surface area contributed by atoms with Crippen LogP contribution >= 0.6 is 22.9 Å². The van der Waals surface area contributed by atoms with Gasteiger partial charge in [-0.05, 0) is 42.0 Å². The van der Waals surface area contributed by atoms with Crippen LogP contribution in [0, 0.1) is 0 Å². The smallest absolute Gasteiger partial charge is 0.261 e. The predicted molar refractivity (Wildman–Crippen MR) is 128 cm³/mol. The first-order chi connectivity index (χ1) is 15.5. The maximum Gasteiger partial charge on any atom is 0.261 e. The van der Waals surface area contributed by atoms with Crippen molar-refractivity contribution in [3.05, 3.63) is 69.9 Å². The first kappa shape index (κ1) is 24.0. The van der Waals surface area contributed by atoms with Crippen molar-refractivity contribution in [1.82, 2.24) is 15.5 Å². The summed E-state index contributed by atoms with van der Waals surface area (Å²) in [6.07, 6.45) is 6.80. The number of hydrogen-bond donors (Lipinski definition) is 2. The fraction of sp³-hybridized carbons (Fsp3) is 0.375. The van der Waals surface area contributed by atoms with Gasteiger partial charge in [0.05, 0.1) is 11.4 Å². The van der Waals surface area contributed by atoms with Crippen molar-refractivity contribution in [2.24, 2.45) is 0 Å². The summed E-state index contributed by atoms with van der Waals surface area (Å²) in [6.45, 7) is 3.70. The second kappa shape index (κ2) is 11.8. The summed E-state index contributed by atoms with van der Waals surface area (Å²) in [5.74, 6) is -0.922. The molecule has 6 nitrogen and oxygen atoms in total. The van der Waals surface area contributed by atoms with Crippen LogP contribution in [0.3, 0.4) is 0 Å². The van der Waals surface area contributed by atoms with E-state index in [1.807, 2.05) is 0 Å². The summed E-state index contributed by atoms with van der Waals surface area (Å²) in [7, 11) is 0. The number of hydrogen-bond acceptors (Lipinski definition) is 4. The molecule has 2 N–H and O–H groups in total. The van der Waals surface area contributed by atoms with Crippen LogP contribution in [0.4, 0.5) is 0 Å². The number of carbonyl (C=O) groups is 3. The summed E-state index contributed by atoms with van der Waals surface area (Å²) in [5.41, 5.74) is 0.655. The van der Waals surface area contributed by atoms with Gasteiger partial charge in [0.25, 0.3) is 5.91 Å². The first-order valence-electron chi connectivity index (χ1n) is 10.8. The quantitative estimate of drug-likeness (QED) is 0.532. The molecule has 0 spiro atoms. The molecule has 0 saturated heterocycles. The van der Waals surface area contributed by atoms with Gasteiger partial charge in [0.2, 0.25) is 11.8 Å². The van der Waals surface area contributed by atoms with Gasteiger partial charge in [-0.2, -0.15) is 0 Å². The van der Waals surface area contributed by atoms with E-state index in [9.17, 15) is 14.4 Å². The topological polar surface area (TPSA) is 78.5 Å². The molecular weight excluding hydrogens is 446 g/mol. The SMILES string of the molecule is C=CCN(C(=O)CNC(=O)c1cccs1)[C@H](C(=O)NC1CCCCC1)c1ccc(Cl)cc1. The van der Waals surface area contributed by atoms with Crippen molar-refractivity contribution in [1.29, 1.82) is 0 Å². The van der Waals surface area contributed by atoms with E-state index in [-0.39, 0.29) is 36.9 Å². The minimum Gasteiger partial charge on any atom is -0.351 e. The third-order valence-electron chi connectivity index (χ3n) is 5.49. The molecule has 0 aliphatic heterocycles.